The first-order valence-electron chi connectivity index (χ1n) is 5.87. The zero-order chi connectivity index (χ0) is 11.4. The van der Waals surface area contributed by atoms with Gasteiger partial charge in [0.25, 0.3) is 0 Å². The van der Waals surface area contributed by atoms with Crippen LogP contribution < -0.4 is 10.6 Å². The summed E-state index contributed by atoms with van der Waals surface area (Å²) in [4.78, 5) is 11.9. The summed E-state index contributed by atoms with van der Waals surface area (Å²) >= 11 is 0. The molecule has 1 aromatic carbocycles. The molecule has 1 aliphatic rings. The van der Waals surface area contributed by atoms with E-state index in [1.54, 1.807) is 0 Å². The smallest absolute Gasteiger partial charge is 0.241 e. The number of halogens is 1. The van der Waals surface area contributed by atoms with Crippen molar-refractivity contribution in [2.24, 2.45) is 0 Å². The van der Waals surface area contributed by atoms with Crippen LogP contribution in [-0.4, -0.2) is 18.5 Å². The summed E-state index contributed by atoms with van der Waals surface area (Å²) < 4.78 is 0. The van der Waals surface area contributed by atoms with Crippen LogP contribution in [0.15, 0.2) is 24.3 Å². The number of benzene rings is 1. The van der Waals surface area contributed by atoms with Crippen molar-refractivity contribution in [3.05, 3.63) is 29.8 Å². The van der Waals surface area contributed by atoms with Crippen molar-refractivity contribution in [3.63, 3.8) is 0 Å². The zero-order valence-corrected chi connectivity index (χ0v) is 10.8. The van der Waals surface area contributed by atoms with E-state index < -0.39 is 0 Å². The number of anilines is 1. The summed E-state index contributed by atoms with van der Waals surface area (Å²) in [7, 11) is 0. The lowest BCUT2D eigenvalue weighted by atomic mass is 10.0. The number of carbonyl (C=O) groups excluding carboxylic acids is 1. The van der Waals surface area contributed by atoms with Crippen molar-refractivity contribution in [1.29, 1.82) is 0 Å². The fraction of sp³-hybridized carbons (Fsp3) is 0.462. The Bertz CT molecular complexity index is 375. The number of nitrogens with one attached hydrogen (secondary N) is 2. The van der Waals surface area contributed by atoms with Gasteiger partial charge in [0.05, 0.1) is 6.04 Å². The van der Waals surface area contributed by atoms with E-state index in [1.165, 1.54) is 6.42 Å². The maximum absolute atomic E-state index is 11.9. The molecule has 0 saturated carbocycles. The van der Waals surface area contributed by atoms with Gasteiger partial charge in [-0.15, -0.1) is 12.4 Å². The number of hydrogen-bond acceptors (Lipinski definition) is 2. The molecule has 1 fully saturated rings. The van der Waals surface area contributed by atoms with Crippen molar-refractivity contribution >= 4 is 24.0 Å². The Morgan fingerprint density at radius 1 is 1.35 bits per heavy atom. The molecular weight excluding hydrogens is 236 g/mol. The highest BCUT2D eigenvalue weighted by atomic mass is 35.5. The van der Waals surface area contributed by atoms with Crippen LogP contribution in [0.2, 0.25) is 0 Å². The van der Waals surface area contributed by atoms with Crippen LogP contribution in [-0.2, 0) is 4.79 Å². The van der Waals surface area contributed by atoms with Gasteiger partial charge in [0.1, 0.15) is 0 Å². The van der Waals surface area contributed by atoms with E-state index in [2.05, 4.69) is 10.6 Å². The van der Waals surface area contributed by atoms with Crippen LogP contribution in [0, 0.1) is 6.92 Å². The molecule has 0 aromatic heterocycles. The van der Waals surface area contributed by atoms with Crippen molar-refractivity contribution in [1.82, 2.24) is 5.32 Å². The lowest BCUT2D eigenvalue weighted by Crippen LogP contribution is -2.43. The van der Waals surface area contributed by atoms with Gasteiger partial charge in [-0.1, -0.05) is 24.6 Å². The fourth-order valence-corrected chi connectivity index (χ4v) is 2.01. The second-order valence-corrected chi connectivity index (χ2v) is 4.31. The maximum atomic E-state index is 11.9. The number of para-hydroxylation sites is 1. The van der Waals surface area contributed by atoms with E-state index in [9.17, 15) is 4.79 Å². The van der Waals surface area contributed by atoms with Gasteiger partial charge >= 0.3 is 0 Å². The van der Waals surface area contributed by atoms with Crippen LogP contribution in [0.3, 0.4) is 0 Å². The average Bonchev–Trinajstić information content (AvgIpc) is 2.33. The molecule has 4 heteroatoms. The molecular formula is C13H19ClN2O. The van der Waals surface area contributed by atoms with Crippen LogP contribution >= 0.6 is 12.4 Å². The number of rotatable bonds is 2. The third-order valence-corrected chi connectivity index (χ3v) is 3.03. The van der Waals surface area contributed by atoms with Gasteiger partial charge in [0.15, 0.2) is 0 Å². The monoisotopic (exact) mass is 254 g/mol. The summed E-state index contributed by atoms with van der Waals surface area (Å²) in [5.41, 5.74) is 2.02. The molecule has 17 heavy (non-hydrogen) atoms. The predicted molar refractivity (Wildman–Crippen MR) is 72.7 cm³/mol. The van der Waals surface area contributed by atoms with Crippen molar-refractivity contribution < 1.29 is 4.79 Å². The third-order valence-electron chi connectivity index (χ3n) is 3.03. The van der Waals surface area contributed by atoms with Crippen molar-refractivity contribution in [3.8, 4) is 0 Å². The number of amides is 1. The second-order valence-electron chi connectivity index (χ2n) is 4.31. The Morgan fingerprint density at radius 3 is 2.76 bits per heavy atom. The molecule has 3 nitrogen and oxygen atoms in total. The van der Waals surface area contributed by atoms with Crippen LogP contribution in [0.25, 0.3) is 0 Å². The Kier molecular flexibility index (Phi) is 5.45. The number of hydrogen-bond donors (Lipinski definition) is 2. The Balaban J connectivity index is 0.00000144. The molecule has 1 heterocycles. The van der Waals surface area contributed by atoms with E-state index in [0.717, 1.165) is 30.6 Å². The molecule has 2 rings (SSSR count). The molecule has 1 aromatic rings. The normalized spacial score (nSPS) is 19.2. The number of piperidine rings is 1. The minimum Gasteiger partial charge on any atom is -0.324 e. The Morgan fingerprint density at radius 2 is 2.12 bits per heavy atom. The highest BCUT2D eigenvalue weighted by Crippen LogP contribution is 2.15. The molecule has 2 N–H and O–H groups in total. The molecule has 1 atom stereocenters. The van der Waals surface area contributed by atoms with Gasteiger partial charge in [0.2, 0.25) is 5.91 Å². The van der Waals surface area contributed by atoms with Crippen LogP contribution in [0.4, 0.5) is 5.69 Å². The topological polar surface area (TPSA) is 41.1 Å². The summed E-state index contributed by atoms with van der Waals surface area (Å²) in [5, 5.41) is 6.22. The summed E-state index contributed by atoms with van der Waals surface area (Å²) in [6, 6.07) is 7.84. The van der Waals surface area contributed by atoms with Gasteiger partial charge in [-0.05, 0) is 37.9 Å². The Hall–Kier alpha value is -1.06. The molecule has 0 spiro atoms. The summed E-state index contributed by atoms with van der Waals surface area (Å²) in [6.45, 7) is 2.95. The molecule has 1 saturated heterocycles. The minimum atomic E-state index is -0.0200. The second kappa shape index (κ2) is 6.62. The lowest BCUT2D eigenvalue weighted by Gasteiger charge is -2.22. The standard InChI is InChI=1S/C13H18N2O.ClH/c1-10-6-2-3-7-11(10)15-13(16)12-8-4-5-9-14-12;/h2-3,6-7,12,14H,4-5,8-9H2,1H3,(H,15,16);1H. The largest absolute Gasteiger partial charge is 0.324 e. The maximum Gasteiger partial charge on any atom is 0.241 e. The Labute approximate surface area is 108 Å². The molecule has 0 bridgehead atoms. The lowest BCUT2D eigenvalue weighted by molar-refractivity contribution is -0.118. The van der Waals surface area contributed by atoms with E-state index >= 15 is 0 Å². The van der Waals surface area contributed by atoms with Gasteiger partial charge in [-0.2, -0.15) is 0 Å². The van der Waals surface area contributed by atoms with Crippen LogP contribution in [0.5, 0.6) is 0 Å². The molecule has 1 amide bonds. The first-order valence-corrected chi connectivity index (χ1v) is 5.87. The summed E-state index contributed by atoms with van der Waals surface area (Å²) in [6.07, 6.45) is 3.25. The highest BCUT2D eigenvalue weighted by molar-refractivity contribution is 5.95. The van der Waals surface area contributed by atoms with E-state index in [1.807, 2.05) is 31.2 Å². The van der Waals surface area contributed by atoms with Crippen LogP contribution in [0.1, 0.15) is 24.8 Å². The molecule has 1 unspecified atom stereocenters. The van der Waals surface area contributed by atoms with E-state index in [4.69, 9.17) is 0 Å². The fourth-order valence-electron chi connectivity index (χ4n) is 2.01. The van der Waals surface area contributed by atoms with Gasteiger partial charge in [-0.25, -0.2) is 0 Å². The average molecular weight is 255 g/mol. The molecule has 1 aliphatic heterocycles. The third kappa shape index (κ3) is 3.72. The van der Waals surface area contributed by atoms with E-state index in [0.29, 0.717) is 0 Å². The van der Waals surface area contributed by atoms with E-state index in [-0.39, 0.29) is 24.4 Å². The summed E-state index contributed by atoms with van der Waals surface area (Å²) in [5.74, 6) is 0.0917. The predicted octanol–water partition coefficient (Wildman–Crippen LogP) is 2.50. The number of aryl methyl sites for hydroxylation is 1. The van der Waals surface area contributed by atoms with Crippen molar-refractivity contribution in [2.45, 2.75) is 32.2 Å². The van der Waals surface area contributed by atoms with Gasteiger partial charge in [-0.3, -0.25) is 4.79 Å². The van der Waals surface area contributed by atoms with Crippen molar-refractivity contribution in [2.75, 3.05) is 11.9 Å². The van der Waals surface area contributed by atoms with Gasteiger partial charge < -0.3 is 10.6 Å². The zero-order valence-electron chi connectivity index (χ0n) is 10.0. The molecule has 0 aliphatic carbocycles. The minimum absolute atomic E-state index is 0. The SMILES string of the molecule is Cc1ccccc1NC(=O)C1CCCCN1.Cl. The first-order chi connectivity index (χ1) is 7.77. The first kappa shape index (κ1) is 14.0. The highest BCUT2D eigenvalue weighted by Gasteiger charge is 2.20. The van der Waals surface area contributed by atoms with Gasteiger partial charge in [0, 0.05) is 5.69 Å². The number of carbonyl (C=O) groups is 1. The quantitative estimate of drug-likeness (QED) is 0.852. The molecule has 0 radical (unpaired) electrons. The molecule has 94 valence electrons.